The molecule has 1 aromatic carbocycles. The second-order valence-corrected chi connectivity index (χ2v) is 4.49. The first-order valence-corrected chi connectivity index (χ1v) is 5.97. The monoisotopic (exact) mass is 322 g/mol. The molecule has 0 radical (unpaired) electrons. The summed E-state index contributed by atoms with van der Waals surface area (Å²) in [5.74, 6) is -0.120. The molecular weight excluding hydrogens is 315 g/mol. The number of aryl methyl sites for hydroxylation is 1. The minimum Gasteiger partial charge on any atom is -0.359 e. The molecule has 0 fully saturated rings. The molecule has 19 heavy (non-hydrogen) atoms. The van der Waals surface area contributed by atoms with E-state index in [4.69, 9.17) is 5.26 Å². The number of anilines is 1. The molecule has 2 aromatic rings. The van der Waals surface area contributed by atoms with Crippen molar-refractivity contribution < 1.29 is 4.39 Å². The van der Waals surface area contributed by atoms with Gasteiger partial charge in [-0.1, -0.05) is 0 Å². The van der Waals surface area contributed by atoms with Gasteiger partial charge in [0.05, 0.1) is 5.69 Å². The van der Waals surface area contributed by atoms with Crippen LogP contribution in [0.2, 0.25) is 0 Å². The highest BCUT2D eigenvalue weighted by atomic mass is 79.9. The molecule has 0 bridgehead atoms. The molecule has 0 aliphatic carbocycles. The van der Waals surface area contributed by atoms with E-state index >= 15 is 0 Å². The van der Waals surface area contributed by atoms with Crippen LogP contribution in [0.4, 0.5) is 10.1 Å². The summed E-state index contributed by atoms with van der Waals surface area (Å²) in [5.41, 5.74) is 1.34. The molecule has 0 atom stereocenters. The van der Waals surface area contributed by atoms with E-state index in [-0.39, 0.29) is 17.2 Å². The van der Waals surface area contributed by atoms with E-state index in [1.54, 1.807) is 13.0 Å². The zero-order chi connectivity index (χ0) is 13.8. The van der Waals surface area contributed by atoms with Crippen molar-refractivity contribution in [1.29, 1.82) is 5.26 Å². The van der Waals surface area contributed by atoms with Crippen LogP contribution < -0.4 is 5.32 Å². The highest BCUT2D eigenvalue weighted by Gasteiger charge is 2.07. The summed E-state index contributed by atoms with van der Waals surface area (Å²) in [4.78, 5) is 0. The largest absolute Gasteiger partial charge is 0.359 e. The quantitative estimate of drug-likeness (QED) is 0.847. The van der Waals surface area contributed by atoms with E-state index in [1.807, 2.05) is 6.07 Å². The Kier molecular flexibility index (Phi) is 3.87. The summed E-state index contributed by atoms with van der Waals surface area (Å²) >= 11 is 3.24. The van der Waals surface area contributed by atoms with Crippen molar-refractivity contribution in [2.45, 2.75) is 6.92 Å². The second-order valence-electron chi connectivity index (χ2n) is 3.63. The summed E-state index contributed by atoms with van der Waals surface area (Å²) < 4.78 is 13.8. The lowest BCUT2D eigenvalue weighted by Gasteiger charge is -2.06. The molecule has 0 aliphatic heterocycles. The van der Waals surface area contributed by atoms with Gasteiger partial charge in [-0.05, 0) is 45.8 Å². The van der Waals surface area contributed by atoms with Crippen LogP contribution in [-0.2, 0) is 0 Å². The molecule has 2 N–H and O–H groups in total. The lowest BCUT2D eigenvalue weighted by molar-refractivity contribution is 0.618. The molecule has 0 saturated heterocycles. The van der Waals surface area contributed by atoms with Gasteiger partial charge in [0.2, 0.25) is 5.82 Å². The fraction of sp³-hybridized carbons (Fsp3) is 0.0909. The van der Waals surface area contributed by atoms with E-state index in [0.717, 1.165) is 0 Å². The lowest BCUT2D eigenvalue weighted by atomic mass is 10.2. The Morgan fingerprint density at radius 3 is 3.00 bits per heavy atom. The van der Waals surface area contributed by atoms with Gasteiger partial charge in [0.25, 0.3) is 0 Å². The van der Waals surface area contributed by atoms with Gasteiger partial charge in [-0.2, -0.15) is 10.5 Å². The van der Waals surface area contributed by atoms with Gasteiger partial charge in [0.15, 0.2) is 0 Å². The normalized spacial score (nSPS) is 11.2. The number of hydrogen-bond donors (Lipinski definition) is 2. The number of allylic oxidation sites excluding steroid dienone is 1. The summed E-state index contributed by atoms with van der Waals surface area (Å²) in [5, 5.41) is 24.9. The third kappa shape index (κ3) is 2.95. The van der Waals surface area contributed by atoms with Crippen LogP contribution in [0.1, 0.15) is 11.4 Å². The molecule has 1 heterocycles. The van der Waals surface area contributed by atoms with E-state index in [0.29, 0.717) is 15.7 Å². The predicted octanol–water partition coefficient (Wildman–Crippen LogP) is 2.39. The number of nitrogens with zero attached hydrogens (tertiary/aromatic N) is 4. The van der Waals surface area contributed by atoms with Gasteiger partial charge >= 0.3 is 0 Å². The number of rotatable bonds is 3. The molecule has 2 rings (SSSR count). The van der Waals surface area contributed by atoms with Crippen molar-refractivity contribution in [2.75, 3.05) is 5.32 Å². The molecule has 8 heteroatoms. The fourth-order valence-electron chi connectivity index (χ4n) is 1.34. The Hall–Kier alpha value is -2.27. The first-order valence-electron chi connectivity index (χ1n) is 5.18. The smallest absolute Gasteiger partial charge is 0.216 e. The number of aromatic amines is 1. The summed E-state index contributed by atoms with van der Waals surface area (Å²) in [7, 11) is 0. The molecule has 0 saturated carbocycles. The lowest BCUT2D eigenvalue weighted by Crippen LogP contribution is -1.95. The second kappa shape index (κ2) is 5.58. The van der Waals surface area contributed by atoms with Crippen LogP contribution in [0.5, 0.6) is 0 Å². The van der Waals surface area contributed by atoms with Gasteiger partial charge in [0.1, 0.15) is 17.5 Å². The van der Waals surface area contributed by atoms with Crippen LogP contribution in [0, 0.1) is 24.1 Å². The molecule has 1 aromatic heterocycles. The summed E-state index contributed by atoms with van der Waals surface area (Å²) in [6, 6.07) is 4.92. The van der Waals surface area contributed by atoms with E-state index in [1.165, 1.54) is 12.3 Å². The van der Waals surface area contributed by atoms with Gasteiger partial charge in [-0.3, -0.25) is 0 Å². The standard InChI is InChI=1S/C11H8BrFN6/c1-6-2-10(8(12)3-9(6)13)15-5-7(4-14)11-16-18-19-17-11/h2-3,5,15H,1H3,(H,16,17,18,19). The van der Waals surface area contributed by atoms with Crippen molar-refractivity contribution in [1.82, 2.24) is 20.6 Å². The maximum Gasteiger partial charge on any atom is 0.216 e. The topological polar surface area (TPSA) is 90.3 Å². The van der Waals surface area contributed by atoms with Gasteiger partial charge in [0, 0.05) is 10.7 Å². The number of tetrazole rings is 1. The van der Waals surface area contributed by atoms with Crippen molar-refractivity contribution in [3.05, 3.63) is 40.0 Å². The van der Waals surface area contributed by atoms with Crippen molar-refractivity contribution in [3.8, 4) is 6.07 Å². The zero-order valence-corrected chi connectivity index (χ0v) is 11.4. The average Bonchev–Trinajstić information content (AvgIpc) is 2.90. The molecule has 0 spiro atoms. The fourth-order valence-corrected chi connectivity index (χ4v) is 1.77. The van der Waals surface area contributed by atoms with Crippen molar-refractivity contribution in [2.24, 2.45) is 0 Å². The van der Waals surface area contributed by atoms with Gasteiger partial charge in [-0.25, -0.2) is 4.39 Å². The third-order valence-corrected chi connectivity index (χ3v) is 2.98. The maximum atomic E-state index is 13.3. The van der Waals surface area contributed by atoms with E-state index in [2.05, 4.69) is 41.9 Å². The maximum absolute atomic E-state index is 13.3. The number of H-pyrrole nitrogens is 1. The number of benzene rings is 1. The number of nitriles is 1. The number of aromatic nitrogens is 4. The van der Waals surface area contributed by atoms with Crippen LogP contribution in [-0.4, -0.2) is 20.6 Å². The SMILES string of the molecule is Cc1cc(NC=C(C#N)c2nn[nH]n2)c(Br)cc1F. The number of hydrogen-bond acceptors (Lipinski definition) is 5. The van der Waals surface area contributed by atoms with Crippen LogP contribution >= 0.6 is 15.9 Å². The Balaban J connectivity index is 2.27. The molecule has 6 nitrogen and oxygen atoms in total. The van der Waals surface area contributed by atoms with Crippen LogP contribution in [0.25, 0.3) is 5.57 Å². The van der Waals surface area contributed by atoms with Crippen LogP contribution in [0.15, 0.2) is 22.8 Å². The molecular formula is C11H8BrFN6. The predicted molar refractivity (Wildman–Crippen MR) is 70.2 cm³/mol. The number of halogens is 2. The first-order chi connectivity index (χ1) is 9.11. The van der Waals surface area contributed by atoms with E-state index in [9.17, 15) is 4.39 Å². The van der Waals surface area contributed by atoms with Crippen molar-refractivity contribution >= 4 is 27.2 Å². The first kappa shape index (κ1) is 13.2. The Bertz CT molecular complexity index is 659. The molecule has 96 valence electrons. The van der Waals surface area contributed by atoms with E-state index < -0.39 is 0 Å². The summed E-state index contributed by atoms with van der Waals surface area (Å²) in [6.07, 6.45) is 1.43. The number of nitrogens with one attached hydrogen (secondary N) is 2. The highest BCUT2D eigenvalue weighted by molar-refractivity contribution is 9.10. The molecule has 0 aliphatic rings. The minimum atomic E-state index is -0.305. The summed E-state index contributed by atoms with van der Waals surface area (Å²) in [6.45, 7) is 1.65. The van der Waals surface area contributed by atoms with Gasteiger partial charge in [-0.15, -0.1) is 10.2 Å². The Labute approximate surface area is 116 Å². The Morgan fingerprint density at radius 2 is 2.37 bits per heavy atom. The van der Waals surface area contributed by atoms with Crippen LogP contribution in [0.3, 0.4) is 0 Å². The molecule has 0 amide bonds. The minimum absolute atomic E-state index is 0.185. The zero-order valence-electron chi connectivity index (χ0n) is 9.78. The highest BCUT2D eigenvalue weighted by Crippen LogP contribution is 2.26. The van der Waals surface area contributed by atoms with Gasteiger partial charge < -0.3 is 5.32 Å². The third-order valence-electron chi connectivity index (χ3n) is 2.33. The molecule has 0 unspecified atom stereocenters. The average molecular weight is 323 g/mol. The Morgan fingerprint density at radius 1 is 1.58 bits per heavy atom. The van der Waals surface area contributed by atoms with Crippen molar-refractivity contribution in [3.63, 3.8) is 0 Å².